The maximum absolute atomic E-state index is 12.5. The Morgan fingerprint density at radius 3 is 2.47 bits per heavy atom. The first-order chi connectivity index (χ1) is 14.5. The van der Waals surface area contributed by atoms with E-state index in [0.717, 1.165) is 15.1 Å². The molecule has 0 spiro atoms. The molecule has 3 aromatic carbocycles. The van der Waals surface area contributed by atoms with Crippen molar-refractivity contribution < 1.29 is 14.3 Å². The first-order valence-electron chi connectivity index (χ1n) is 9.31. The van der Waals surface area contributed by atoms with Crippen LogP contribution in [0.4, 0.5) is 11.4 Å². The summed E-state index contributed by atoms with van der Waals surface area (Å²) in [5.74, 6) is 0.292. The highest BCUT2D eigenvalue weighted by molar-refractivity contribution is 9.10. The number of halogens is 1. The van der Waals surface area contributed by atoms with Crippen molar-refractivity contribution in [2.75, 3.05) is 17.2 Å². The average Bonchev–Trinajstić information content (AvgIpc) is 2.75. The number of para-hydroxylation sites is 2. The topological polar surface area (TPSA) is 67.4 Å². The molecule has 30 heavy (non-hydrogen) atoms. The smallest absolute Gasteiger partial charge is 0.262 e. The van der Waals surface area contributed by atoms with Gasteiger partial charge in [-0.15, -0.1) is 11.8 Å². The van der Waals surface area contributed by atoms with Crippen LogP contribution in [-0.2, 0) is 9.59 Å². The molecule has 0 radical (unpaired) electrons. The van der Waals surface area contributed by atoms with Gasteiger partial charge in [-0.2, -0.15) is 0 Å². The van der Waals surface area contributed by atoms with Crippen molar-refractivity contribution in [1.29, 1.82) is 0 Å². The van der Waals surface area contributed by atoms with Crippen molar-refractivity contribution in [2.24, 2.45) is 0 Å². The van der Waals surface area contributed by atoms with Gasteiger partial charge in [-0.3, -0.25) is 9.59 Å². The summed E-state index contributed by atoms with van der Waals surface area (Å²) in [5, 5.41) is 5.42. The van der Waals surface area contributed by atoms with Crippen LogP contribution < -0.4 is 15.4 Å². The minimum Gasteiger partial charge on any atom is -0.484 e. The molecule has 0 aliphatic heterocycles. The number of carbonyl (C=O) groups excluding carboxylic acids is 2. The lowest BCUT2D eigenvalue weighted by Gasteiger charge is -2.14. The van der Waals surface area contributed by atoms with Gasteiger partial charge in [-0.1, -0.05) is 36.4 Å². The molecule has 3 aromatic rings. The second-order valence-corrected chi connectivity index (χ2v) is 8.68. The van der Waals surface area contributed by atoms with Gasteiger partial charge in [-0.05, 0) is 65.3 Å². The fraction of sp³-hybridized carbons (Fsp3) is 0.130. The molecule has 7 heteroatoms. The van der Waals surface area contributed by atoms with Gasteiger partial charge >= 0.3 is 0 Å². The highest BCUT2D eigenvalue weighted by atomic mass is 79.9. The number of carbonyl (C=O) groups is 2. The molecular weight excluding hydrogens is 464 g/mol. The Balaban J connectivity index is 1.53. The van der Waals surface area contributed by atoms with Crippen LogP contribution in [0.15, 0.2) is 88.2 Å². The molecule has 5 nitrogen and oxygen atoms in total. The maximum atomic E-state index is 12.5. The number of hydrogen-bond donors (Lipinski definition) is 2. The van der Waals surface area contributed by atoms with Gasteiger partial charge in [0.05, 0.1) is 10.9 Å². The zero-order chi connectivity index (χ0) is 21.3. The van der Waals surface area contributed by atoms with Crippen molar-refractivity contribution >= 4 is 50.9 Å². The fourth-order valence-electron chi connectivity index (χ4n) is 2.56. The van der Waals surface area contributed by atoms with E-state index in [4.69, 9.17) is 4.74 Å². The summed E-state index contributed by atoms with van der Waals surface area (Å²) in [4.78, 5) is 25.5. The summed E-state index contributed by atoms with van der Waals surface area (Å²) in [6.07, 6.45) is 0. The summed E-state index contributed by atoms with van der Waals surface area (Å²) >= 11 is 4.85. The monoisotopic (exact) mass is 484 g/mol. The number of nitrogens with one attached hydrogen (secondary N) is 2. The van der Waals surface area contributed by atoms with Crippen molar-refractivity contribution in [1.82, 2.24) is 0 Å². The Hall–Kier alpha value is -2.77. The minimum absolute atomic E-state index is 0.0772. The zero-order valence-electron chi connectivity index (χ0n) is 16.3. The molecule has 1 atom stereocenters. The molecule has 0 heterocycles. The first kappa shape index (κ1) is 21.9. The third-order valence-electron chi connectivity index (χ3n) is 4.04. The fourth-order valence-corrected chi connectivity index (χ4v) is 3.87. The van der Waals surface area contributed by atoms with E-state index in [1.807, 2.05) is 67.6 Å². The van der Waals surface area contributed by atoms with Crippen LogP contribution in [0.1, 0.15) is 6.92 Å². The highest BCUT2D eigenvalue weighted by Crippen LogP contribution is 2.28. The summed E-state index contributed by atoms with van der Waals surface area (Å²) in [5.41, 5.74) is 1.38. The first-order valence-corrected chi connectivity index (χ1v) is 11.0. The molecule has 3 rings (SSSR count). The van der Waals surface area contributed by atoms with Crippen LogP contribution in [0.2, 0.25) is 0 Å². The minimum atomic E-state index is -0.315. The molecule has 0 saturated heterocycles. The van der Waals surface area contributed by atoms with E-state index in [2.05, 4.69) is 26.6 Å². The molecule has 0 saturated carbocycles. The number of thioether (sulfide) groups is 1. The lowest BCUT2D eigenvalue weighted by atomic mass is 10.3. The molecule has 0 aliphatic carbocycles. The number of amides is 2. The van der Waals surface area contributed by atoms with Crippen molar-refractivity contribution in [3.63, 3.8) is 0 Å². The Kier molecular flexibility index (Phi) is 7.93. The van der Waals surface area contributed by atoms with E-state index in [1.165, 1.54) is 11.8 Å². The maximum Gasteiger partial charge on any atom is 0.262 e. The van der Waals surface area contributed by atoms with Crippen LogP contribution in [0.5, 0.6) is 5.75 Å². The summed E-state index contributed by atoms with van der Waals surface area (Å²) in [7, 11) is 0. The van der Waals surface area contributed by atoms with E-state index in [1.54, 1.807) is 18.2 Å². The van der Waals surface area contributed by atoms with Gasteiger partial charge in [0.25, 0.3) is 5.91 Å². The van der Waals surface area contributed by atoms with Gasteiger partial charge in [0, 0.05) is 15.1 Å². The van der Waals surface area contributed by atoms with E-state index in [9.17, 15) is 9.59 Å². The largest absolute Gasteiger partial charge is 0.484 e. The van der Waals surface area contributed by atoms with Gasteiger partial charge in [0.15, 0.2) is 6.61 Å². The predicted octanol–water partition coefficient (Wildman–Crippen LogP) is 5.59. The number of anilines is 2. The van der Waals surface area contributed by atoms with E-state index >= 15 is 0 Å². The van der Waals surface area contributed by atoms with Crippen LogP contribution in [0.25, 0.3) is 0 Å². The van der Waals surface area contributed by atoms with Gasteiger partial charge in [0.2, 0.25) is 5.91 Å². The Labute approximate surface area is 188 Å². The second-order valence-electron chi connectivity index (χ2n) is 6.41. The molecule has 0 aliphatic rings. The highest BCUT2D eigenvalue weighted by Gasteiger charge is 2.16. The number of benzene rings is 3. The Morgan fingerprint density at radius 1 is 0.967 bits per heavy atom. The van der Waals surface area contributed by atoms with E-state index < -0.39 is 0 Å². The quantitative estimate of drug-likeness (QED) is 0.409. The van der Waals surface area contributed by atoms with Crippen LogP contribution in [-0.4, -0.2) is 23.7 Å². The predicted molar refractivity (Wildman–Crippen MR) is 125 cm³/mol. The van der Waals surface area contributed by atoms with Crippen LogP contribution in [0.3, 0.4) is 0 Å². The van der Waals surface area contributed by atoms with Crippen LogP contribution in [0, 0.1) is 0 Å². The SMILES string of the molecule is CC(Sc1cccc(NC(=O)COc2ccccc2)c1)C(=O)Nc1ccccc1Br. The third-order valence-corrected chi connectivity index (χ3v) is 5.83. The molecule has 1 unspecified atom stereocenters. The summed E-state index contributed by atoms with van der Waals surface area (Å²) in [6, 6.07) is 24.0. The zero-order valence-corrected chi connectivity index (χ0v) is 18.7. The Morgan fingerprint density at radius 2 is 1.70 bits per heavy atom. The Bertz CT molecular complexity index is 1010. The molecule has 0 aromatic heterocycles. The molecular formula is C23H21BrN2O3S. The normalized spacial score (nSPS) is 11.4. The molecule has 2 N–H and O–H groups in total. The molecule has 2 amide bonds. The number of ether oxygens (including phenoxy) is 1. The third kappa shape index (κ3) is 6.64. The van der Waals surface area contributed by atoms with Gasteiger partial charge in [0.1, 0.15) is 5.75 Å². The van der Waals surface area contributed by atoms with Gasteiger partial charge < -0.3 is 15.4 Å². The second kappa shape index (κ2) is 10.8. The van der Waals surface area contributed by atoms with E-state index in [-0.39, 0.29) is 23.7 Å². The molecule has 0 bridgehead atoms. The summed E-state index contributed by atoms with van der Waals surface area (Å²) in [6.45, 7) is 1.77. The molecule has 154 valence electrons. The van der Waals surface area contributed by atoms with Crippen LogP contribution >= 0.6 is 27.7 Å². The van der Waals surface area contributed by atoms with Crippen molar-refractivity contribution in [3.05, 3.63) is 83.3 Å². The van der Waals surface area contributed by atoms with Crippen molar-refractivity contribution in [3.8, 4) is 5.75 Å². The number of rotatable bonds is 8. The number of hydrogen-bond acceptors (Lipinski definition) is 4. The lowest BCUT2D eigenvalue weighted by Crippen LogP contribution is -2.22. The van der Waals surface area contributed by atoms with E-state index in [0.29, 0.717) is 11.4 Å². The van der Waals surface area contributed by atoms with Gasteiger partial charge in [-0.25, -0.2) is 0 Å². The van der Waals surface area contributed by atoms with Crippen molar-refractivity contribution in [2.45, 2.75) is 17.1 Å². The lowest BCUT2D eigenvalue weighted by molar-refractivity contribution is -0.118. The molecule has 0 fully saturated rings. The average molecular weight is 485 g/mol. The standard InChI is InChI=1S/C23H21BrN2O3S/c1-16(23(28)26-21-13-6-5-12-20(21)24)30-19-11-7-8-17(14-19)25-22(27)15-29-18-9-3-2-4-10-18/h2-14,16H,15H2,1H3,(H,25,27)(H,26,28). The summed E-state index contributed by atoms with van der Waals surface area (Å²) < 4.78 is 6.29.